The van der Waals surface area contributed by atoms with Gasteiger partial charge in [-0.25, -0.2) is 14.8 Å². The predicted octanol–water partition coefficient (Wildman–Crippen LogP) is 4.77. The number of nitrogens with zero attached hydrogens (tertiary/aromatic N) is 2. The third kappa shape index (κ3) is 6.85. The Labute approximate surface area is 189 Å². The minimum Gasteiger partial charge on any atom is -0.365 e. The van der Waals surface area contributed by atoms with E-state index >= 15 is 0 Å². The fourth-order valence-electron chi connectivity index (χ4n) is 2.48. The first-order chi connectivity index (χ1) is 15.2. The number of pyridine rings is 1. The van der Waals surface area contributed by atoms with Gasteiger partial charge >= 0.3 is 11.5 Å². The minimum absolute atomic E-state index is 0.0262. The quantitative estimate of drug-likeness (QED) is 0.362. The van der Waals surface area contributed by atoms with Gasteiger partial charge < -0.3 is 16.0 Å². The van der Waals surface area contributed by atoms with Gasteiger partial charge in [-0.15, -0.1) is 11.3 Å². The topological polar surface area (TPSA) is 108 Å². The van der Waals surface area contributed by atoms with Crippen LogP contribution in [0.25, 0.3) is 0 Å². The zero-order valence-electron chi connectivity index (χ0n) is 16.5. The number of hydrogen-bond donors (Lipinski definition) is 4. The van der Waals surface area contributed by atoms with Crippen LogP contribution < -0.4 is 21.3 Å². The first-order valence-electron chi connectivity index (χ1n) is 9.01. The Morgan fingerprint density at radius 2 is 1.84 bits per heavy atom. The van der Waals surface area contributed by atoms with Gasteiger partial charge in [0.15, 0.2) is 0 Å². The molecular weight excluding hydrogens is 465 g/mol. The van der Waals surface area contributed by atoms with Crippen molar-refractivity contribution >= 4 is 52.4 Å². The number of hydrogen-bond acceptors (Lipinski definition) is 7. The van der Waals surface area contributed by atoms with Gasteiger partial charge in [0, 0.05) is 30.4 Å². The second-order valence-electron chi connectivity index (χ2n) is 6.16. The molecule has 2 aromatic heterocycles. The lowest BCUT2D eigenvalue weighted by molar-refractivity contribution is -0.0328. The fraction of sp³-hybridized carbons (Fsp3) is 0.158. The minimum atomic E-state index is -4.37. The molecule has 3 rings (SSSR count). The van der Waals surface area contributed by atoms with Crippen LogP contribution in [0.5, 0.6) is 0 Å². The number of urea groups is 1. The summed E-state index contributed by atoms with van der Waals surface area (Å²) in [6, 6.07) is 8.40. The summed E-state index contributed by atoms with van der Waals surface area (Å²) in [6.07, 6.45) is 1.54. The number of halogens is 3. The van der Waals surface area contributed by atoms with Crippen LogP contribution in [0.2, 0.25) is 0 Å². The van der Waals surface area contributed by atoms with E-state index in [4.69, 9.17) is 0 Å². The van der Waals surface area contributed by atoms with E-state index in [0.717, 1.165) is 16.9 Å². The van der Waals surface area contributed by atoms with E-state index in [0.29, 0.717) is 28.7 Å². The molecule has 0 unspecified atom stereocenters. The average Bonchev–Trinajstić information content (AvgIpc) is 3.21. The Morgan fingerprint density at radius 1 is 1.09 bits per heavy atom. The van der Waals surface area contributed by atoms with Crippen molar-refractivity contribution in [3.8, 4) is 0 Å². The van der Waals surface area contributed by atoms with Crippen molar-refractivity contribution in [3.05, 3.63) is 58.5 Å². The van der Waals surface area contributed by atoms with Crippen molar-refractivity contribution in [1.82, 2.24) is 15.3 Å². The second-order valence-corrected chi connectivity index (χ2v) is 8.16. The lowest BCUT2D eigenvalue weighted by atomic mass is 10.2. The molecule has 0 fully saturated rings. The van der Waals surface area contributed by atoms with Gasteiger partial charge in [-0.2, -0.15) is 13.2 Å². The number of amides is 3. The van der Waals surface area contributed by atoms with Crippen molar-refractivity contribution in [3.63, 3.8) is 0 Å². The second kappa shape index (κ2) is 10.3. The fourth-order valence-corrected chi connectivity index (χ4v) is 3.68. The van der Waals surface area contributed by atoms with Crippen LogP contribution in [0.4, 0.5) is 35.3 Å². The van der Waals surface area contributed by atoms with E-state index in [-0.39, 0.29) is 16.7 Å². The summed E-state index contributed by atoms with van der Waals surface area (Å²) in [6.45, 7) is 0.318. The highest BCUT2D eigenvalue weighted by atomic mass is 32.2. The molecule has 0 aliphatic rings. The number of benzene rings is 1. The molecule has 8 nitrogen and oxygen atoms in total. The highest BCUT2D eigenvalue weighted by Crippen LogP contribution is 2.37. The highest BCUT2D eigenvalue weighted by molar-refractivity contribution is 8.00. The summed E-state index contributed by atoms with van der Waals surface area (Å²) in [5, 5.41) is 10.7. The summed E-state index contributed by atoms with van der Waals surface area (Å²) in [4.78, 5) is 32.6. The molecule has 3 aromatic rings. The van der Waals surface area contributed by atoms with Crippen molar-refractivity contribution in [1.29, 1.82) is 0 Å². The van der Waals surface area contributed by atoms with E-state index in [1.807, 2.05) is 0 Å². The Hall–Kier alpha value is -3.32. The molecular formula is C19H17F3N6O2S2. The van der Waals surface area contributed by atoms with Gasteiger partial charge in [0.1, 0.15) is 16.5 Å². The molecule has 4 N–H and O–H groups in total. The summed E-state index contributed by atoms with van der Waals surface area (Å²) in [7, 11) is 1.49. The molecule has 0 spiro atoms. The Kier molecular flexibility index (Phi) is 7.53. The van der Waals surface area contributed by atoms with Crippen molar-refractivity contribution < 1.29 is 22.8 Å². The van der Waals surface area contributed by atoms with Gasteiger partial charge in [0.2, 0.25) is 0 Å². The zero-order chi connectivity index (χ0) is 23.1. The molecule has 0 radical (unpaired) electrons. The molecule has 0 aliphatic heterocycles. The van der Waals surface area contributed by atoms with Crippen molar-refractivity contribution in [2.24, 2.45) is 0 Å². The van der Waals surface area contributed by atoms with E-state index in [1.165, 1.54) is 43.0 Å². The van der Waals surface area contributed by atoms with Gasteiger partial charge in [0.25, 0.3) is 5.91 Å². The number of alkyl halides is 3. The van der Waals surface area contributed by atoms with Crippen LogP contribution in [0.1, 0.15) is 15.2 Å². The number of aromatic nitrogens is 2. The van der Waals surface area contributed by atoms with Crippen LogP contribution in [-0.2, 0) is 6.54 Å². The molecule has 0 aliphatic carbocycles. The lowest BCUT2D eigenvalue weighted by Gasteiger charge is -2.10. The summed E-state index contributed by atoms with van der Waals surface area (Å²) < 4.78 is 37.3. The predicted molar refractivity (Wildman–Crippen MR) is 118 cm³/mol. The highest BCUT2D eigenvalue weighted by Gasteiger charge is 2.29. The van der Waals surface area contributed by atoms with Crippen LogP contribution in [0.15, 0.2) is 53.0 Å². The smallest absolute Gasteiger partial charge is 0.365 e. The maximum Gasteiger partial charge on any atom is 0.446 e. The lowest BCUT2D eigenvalue weighted by Crippen LogP contribution is -2.25. The maximum absolute atomic E-state index is 12.6. The number of rotatable bonds is 7. The molecule has 1 aromatic carbocycles. The third-order valence-electron chi connectivity index (χ3n) is 3.87. The number of carbonyl (C=O) groups excluding carboxylic acids is 2. The molecule has 3 amide bonds. The molecule has 0 bridgehead atoms. The van der Waals surface area contributed by atoms with Gasteiger partial charge in [-0.3, -0.25) is 10.1 Å². The van der Waals surface area contributed by atoms with Crippen LogP contribution in [0, 0.1) is 0 Å². The van der Waals surface area contributed by atoms with Crippen LogP contribution in [0.3, 0.4) is 0 Å². The molecule has 0 saturated heterocycles. The van der Waals surface area contributed by atoms with Crippen LogP contribution >= 0.6 is 23.1 Å². The summed E-state index contributed by atoms with van der Waals surface area (Å²) in [5.74, 6) is 0.282. The molecule has 2 heterocycles. The Morgan fingerprint density at radius 3 is 2.53 bits per heavy atom. The SMILES string of the molecule is CNC(=O)Nc1cc(CNc2ncsc2C(=O)Nc2ccc(SC(F)(F)F)cc2)ccn1. The third-order valence-corrected chi connectivity index (χ3v) is 5.44. The molecule has 168 valence electrons. The van der Waals surface area contributed by atoms with Crippen LogP contribution in [-0.4, -0.2) is 34.5 Å². The van der Waals surface area contributed by atoms with Gasteiger partial charge in [-0.1, -0.05) is 0 Å². The zero-order valence-corrected chi connectivity index (χ0v) is 18.1. The molecule has 0 saturated carbocycles. The maximum atomic E-state index is 12.6. The normalized spacial score (nSPS) is 11.0. The molecule has 0 atom stereocenters. The number of thioether (sulfide) groups is 1. The van der Waals surface area contributed by atoms with Gasteiger partial charge in [-0.05, 0) is 53.7 Å². The monoisotopic (exact) mass is 482 g/mol. The summed E-state index contributed by atoms with van der Waals surface area (Å²) in [5.41, 5.74) is -1.71. The Bertz CT molecular complexity index is 1090. The first-order valence-corrected chi connectivity index (χ1v) is 10.7. The molecule has 32 heavy (non-hydrogen) atoms. The van der Waals surface area contributed by atoms with E-state index < -0.39 is 17.4 Å². The van der Waals surface area contributed by atoms with Crippen molar-refractivity contribution in [2.45, 2.75) is 16.9 Å². The first kappa shape index (κ1) is 23.3. The Balaban J connectivity index is 1.61. The van der Waals surface area contributed by atoms with E-state index in [2.05, 4.69) is 31.2 Å². The number of anilines is 3. The van der Waals surface area contributed by atoms with E-state index in [9.17, 15) is 22.8 Å². The molecule has 13 heteroatoms. The summed E-state index contributed by atoms with van der Waals surface area (Å²) >= 11 is 0.898. The number of carbonyl (C=O) groups is 2. The van der Waals surface area contributed by atoms with Gasteiger partial charge in [0.05, 0.1) is 5.51 Å². The number of thiazole rings is 1. The van der Waals surface area contributed by atoms with E-state index in [1.54, 1.807) is 12.1 Å². The standard InChI is InChI=1S/C19H17F3N6O2S2/c1-23-18(30)28-14-8-11(6-7-24-14)9-25-16-15(31-10-26-16)17(29)27-12-2-4-13(5-3-12)32-19(20,21)22/h2-8,10,25H,9H2,1H3,(H,27,29)(H2,23,24,28,30). The average molecular weight is 483 g/mol. The van der Waals surface area contributed by atoms with Crippen molar-refractivity contribution in [2.75, 3.05) is 23.0 Å². The largest absolute Gasteiger partial charge is 0.446 e. The number of nitrogens with one attached hydrogen (secondary N) is 4.